The van der Waals surface area contributed by atoms with E-state index in [9.17, 15) is 4.79 Å². The van der Waals surface area contributed by atoms with Gasteiger partial charge in [-0.15, -0.1) is 6.58 Å². The Balaban J connectivity index is 2.03. The maximum atomic E-state index is 13.2. The molecule has 0 radical (unpaired) electrons. The number of hydrogen-bond acceptors (Lipinski definition) is 2. The van der Waals surface area contributed by atoms with Gasteiger partial charge in [-0.05, 0) is 56.3 Å². The zero-order chi connectivity index (χ0) is 16.4. The van der Waals surface area contributed by atoms with Gasteiger partial charge in [0.05, 0.1) is 17.1 Å². The highest BCUT2D eigenvalue weighted by atomic mass is 16.5. The van der Waals surface area contributed by atoms with Crippen LogP contribution in [0.15, 0.2) is 12.7 Å². The molecule has 0 aromatic carbocycles. The van der Waals surface area contributed by atoms with Crippen molar-refractivity contribution in [3.63, 3.8) is 0 Å². The monoisotopic (exact) mass is 304 g/mol. The van der Waals surface area contributed by atoms with Crippen molar-refractivity contribution in [1.82, 2.24) is 0 Å². The summed E-state index contributed by atoms with van der Waals surface area (Å²) in [4.78, 5) is 13.2. The molecule has 0 bridgehead atoms. The molecule has 3 fully saturated rings. The minimum atomic E-state index is -0.490. The summed E-state index contributed by atoms with van der Waals surface area (Å²) in [7, 11) is 0. The van der Waals surface area contributed by atoms with Crippen molar-refractivity contribution in [2.75, 3.05) is 0 Å². The van der Waals surface area contributed by atoms with E-state index in [0.717, 1.165) is 6.42 Å². The van der Waals surface area contributed by atoms with Gasteiger partial charge >= 0.3 is 0 Å². The first-order valence-electron chi connectivity index (χ1n) is 8.93. The number of hydrogen-bond donors (Lipinski definition) is 0. The third-order valence-corrected chi connectivity index (χ3v) is 7.22. The fourth-order valence-electron chi connectivity index (χ4n) is 6.45. The van der Waals surface area contributed by atoms with Crippen LogP contribution in [0.5, 0.6) is 0 Å². The molecular weight excluding hydrogens is 272 g/mol. The molecule has 3 rings (SSSR count). The lowest BCUT2D eigenvalue weighted by atomic mass is 9.44. The van der Waals surface area contributed by atoms with E-state index in [0.29, 0.717) is 23.5 Å². The maximum absolute atomic E-state index is 13.2. The quantitative estimate of drug-likeness (QED) is 0.643. The second-order valence-corrected chi connectivity index (χ2v) is 9.45. The van der Waals surface area contributed by atoms with Crippen LogP contribution in [-0.4, -0.2) is 17.0 Å². The molecule has 0 amide bonds. The van der Waals surface area contributed by atoms with E-state index in [-0.39, 0.29) is 16.9 Å². The molecule has 1 aliphatic heterocycles. The lowest BCUT2D eigenvalue weighted by Gasteiger charge is -2.64. The van der Waals surface area contributed by atoms with Crippen molar-refractivity contribution < 1.29 is 9.53 Å². The van der Waals surface area contributed by atoms with E-state index in [1.165, 1.54) is 25.7 Å². The van der Waals surface area contributed by atoms with E-state index >= 15 is 0 Å². The third-order valence-electron chi connectivity index (χ3n) is 7.22. The van der Waals surface area contributed by atoms with Crippen LogP contribution < -0.4 is 0 Å². The van der Waals surface area contributed by atoms with Crippen molar-refractivity contribution in [3.8, 4) is 0 Å². The third kappa shape index (κ3) is 2.13. The van der Waals surface area contributed by atoms with E-state index in [1.54, 1.807) is 0 Å². The lowest BCUT2D eigenvalue weighted by molar-refractivity contribution is -0.240. The second-order valence-electron chi connectivity index (χ2n) is 9.45. The van der Waals surface area contributed by atoms with Crippen molar-refractivity contribution in [2.45, 2.75) is 84.3 Å². The van der Waals surface area contributed by atoms with Crippen molar-refractivity contribution in [1.29, 1.82) is 0 Å². The van der Waals surface area contributed by atoms with Crippen LogP contribution in [0.1, 0.15) is 73.1 Å². The fourth-order valence-corrected chi connectivity index (χ4v) is 6.45. The molecule has 0 N–H and O–H groups in total. The number of ether oxygens (including phenoxy) is 1. The van der Waals surface area contributed by atoms with Gasteiger partial charge in [0.1, 0.15) is 5.78 Å². The normalized spacial score (nSPS) is 50.9. The van der Waals surface area contributed by atoms with Gasteiger partial charge in [0.2, 0.25) is 0 Å². The van der Waals surface area contributed by atoms with Gasteiger partial charge in [-0.2, -0.15) is 0 Å². The van der Waals surface area contributed by atoms with Crippen LogP contribution in [0.4, 0.5) is 0 Å². The molecule has 0 spiro atoms. The minimum absolute atomic E-state index is 0.0475. The molecule has 1 saturated heterocycles. The first-order chi connectivity index (χ1) is 10.1. The molecule has 2 aliphatic carbocycles. The van der Waals surface area contributed by atoms with Crippen molar-refractivity contribution >= 4 is 5.78 Å². The highest BCUT2D eigenvalue weighted by Crippen LogP contribution is 2.64. The van der Waals surface area contributed by atoms with Crippen molar-refractivity contribution in [3.05, 3.63) is 12.7 Å². The predicted molar refractivity (Wildman–Crippen MR) is 89.7 cm³/mol. The van der Waals surface area contributed by atoms with Crippen LogP contribution >= 0.6 is 0 Å². The molecule has 2 saturated carbocycles. The SMILES string of the molecule is C=C[C@@]1(C)CC(=O)[C@@H]2[C@@]3(C)CCCC(C)(C)[C@H]3CC[C@@]2(C)O1. The molecule has 2 nitrogen and oxygen atoms in total. The number of ketones is 1. The Morgan fingerprint density at radius 2 is 1.82 bits per heavy atom. The van der Waals surface area contributed by atoms with Gasteiger partial charge in [-0.1, -0.05) is 33.3 Å². The van der Waals surface area contributed by atoms with Gasteiger partial charge in [-0.3, -0.25) is 4.79 Å². The van der Waals surface area contributed by atoms with E-state index < -0.39 is 5.60 Å². The van der Waals surface area contributed by atoms with Gasteiger partial charge in [0, 0.05) is 6.42 Å². The van der Waals surface area contributed by atoms with E-state index in [2.05, 4.69) is 34.3 Å². The zero-order valence-corrected chi connectivity index (χ0v) is 15.0. The topological polar surface area (TPSA) is 26.3 Å². The second kappa shape index (κ2) is 4.69. The van der Waals surface area contributed by atoms with Gasteiger partial charge in [-0.25, -0.2) is 0 Å². The van der Waals surface area contributed by atoms with Crippen LogP contribution in [0.25, 0.3) is 0 Å². The smallest absolute Gasteiger partial charge is 0.142 e. The fraction of sp³-hybridized carbons (Fsp3) is 0.850. The average molecular weight is 304 g/mol. The summed E-state index contributed by atoms with van der Waals surface area (Å²) in [6.07, 6.45) is 8.18. The number of fused-ring (bicyclic) bond motifs is 3. The summed E-state index contributed by atoms with van der Waals surface area (Å²) in [6, 6.07) is 0. The Hall–Kier alpha value is -0.630. The Morgan fingerprint density at radius 1 is 1.14 bits per heavy atom. The minimum Gasteiger partial charge on any atom is -0.364 e. The Morgan fingerprint density at radius 3 is 2.45 bits per heavy atom. The molecule has 0 aromatic rings. The number of carbonyl (C=O) groups is 1. The molecule has 124 valence electrons. The summed E-state index contributed by atoms with van der Waals surface area (Å²) in [6.45, 7) is 15.3. The standard InChI is InChI=1S/C20H32O2/c1-7-18(4)13-14(21)16-19(5)11-8-10-17(2,3)15(19)9-12-20(16,6)22-18/h7,15-16H,1,8-13H2,2-6H3/t15-,16-,18+,19+,20-/m1/s1. The Bertz CT molecular complexity index is 508. The molecule has 1 heterocycles. The molecule has 2 heteroatoms. The molecular formula is C20H32O2. The molecule has 22 heavy (non-hydrogen) atoms. The Kier molecular flexibility index (Phi) is 3.46. The molecule has 5 atom stereocenters. The van der Waals surface area contributed by atoms with Gasteiger partial charge in [0.25, 0.3) is 0 Å². The highest BCUT2D eigenvalue weighted by molar-refractivity contribution is 5.85. The summed E-state index contributed by atoms with van der Waals surface area (Å²) in [5, 5.41) is 0. The summed E-state index contributed by atoms with van der Waals surface area (Å²) < 4.78 is 6.53. The summed E-state index contributed by atoms with van der Waals surface area (Å²) >= 11 is 0. The molecule has 0 aromatic heterocycles. The van der Waals surface area contributed by atoms with Crippen molar-refractivity contribution in [2.24, 2.45) is 22.7 Å². The van der Waals surface area contributed by atoms with Gasteiger partial charge < -0.3 is 4.74 Å². The van der Waals surface area contributed by atoms with Crippen LogP contribution in [0, 0.1) is 22.7 Å². The number of rotatable bonds is 1. The first kappa shape index (κ1) is 16.2. The maximum Gasteiger partial charge on any atom is 0.142 e. The summed E-state index contributed by atoms with van der Waals surface area (Å²) in [5.41, 5.74) is -0.380. The molecule has 3 aliphatic rings. The van der Waals surface area contributed by atoms with E-state index in [1.807, 2.05) is 13.0 Å². The number of carbonyl (C=O) groups excluding carboxylic acids is 1. The average Bonchev–Trinajstić information content (AvgIpc) is 2.35. The lowest BCUT2D eigenvalue weighted by Crippen LogP contribution is -2.65. The summed E-state index contributed by atoms with van der Waals surface area (Å²) in [5.74, 6) is 1.08. The van der Waals surface area contributed by atoms with Crippen LogP contribution in [0.3, 0.4) is 0 Å². The largest absolute Gasteiger partial charge is 0.364 e. The van der Waals surface area contributed by atoms with Gasteiger partial charge in [0.15, 0.2) is 0 Å². The highest BCUT2D eigenvalue weighted by Gasteiger charge is 2.64. The number of Topliss-reactive ketones (excluding diaryl/α,β-unsaturated/α-hetero) is 1. The van der Waals surface area contributed by atoms with Crippen LogP contribution in [-0.2, 0) is 9.53 Å². The first-order valence-corrected chi connectivity index (χ1v) is 8.93. The molecule has 0 unspecified atom stereocenters. The Labute approximate surface area is 135 Å². The van der Waals surface area contributed by atoms with Crippen LogP contribution in [0.2, 0.25) is 0 Å². The van der Waals surface area contributed by atoms with E-state index in [4.69, 9.17) is 4.74 Å². The predicted octanol–water partition coefficient (Wildman–Crippen LogP) is 4.92. The zero-order valence-electron chi connectivity index (χ0n) is 15.0.